The number of methoxy groups -OCH3 is 1. The summed E-state index contributed by atoms with van der Waals surface area (Å²) in [6.45, 7) is 5.66. The van der Waals surface area contributed by atoms with Gasteiger partial charge in [-0.2, -0.15) is 5.10 Å². The van der Waals surface area contributed by atoms with Crippen molar-refractivity contribution in [2.45, 2.75) is 45.6 Å². The number of ether oxygens (including phenoxy) is 1. The summed E-state index contributed by atoms with van der Waals surface area (Å²) in [5, 5.41) is 15.3. The zero-order valence-electron chi connectivity index (χ0n) is 14.8. The lowest BCUT2D eigenvalue weighted by Crippen LogP contribution is -2.52. The molecule has 1 aromatic rings. The lowest BCUT2D eigenvalue weighted by atomic mass is 10.2. The van der Waals surface area contributed by atoms with Gasteiger partial charge < -0.3 is 20.7 Å². The van der Waals surface area contributed by atoms with E-state index in [-0.39, 0.29) is 18.0 Å². The van der Waals surface area contributed by atoms with Crippen LogP contribution in [-0.4, -0.2) is 53.3 Å². The summed E-state index contributed by atoms with van der Waals surface area (Å²) >= 11 is 0. The van der Waals surface area contributed by atoms with E-state index in [1.165, 1.54) is 11.8 Å². The third-order valence-electron chi connectivity index (χ3n) is 3.58. The van der Waals surface area contributed by atoms with Crippen LogP contribution in [0.1, 0.15) is 32.3 Å². The maximum Gasteiger partial charge on any atom is 0.314 e. The number of hydrogen-bond donors (Lipinski definition) is 4. The molecule has 0 bridgehead atoms. The largest absolute Gasteiger partial charge is 0.383 e. The number of hydrogen-bond acceptors (Lipinski definition) is 6. The maximum atomic E-state index is 12.1. The topological polar surface area (TPSA) is 126 Å². The molecule has 10 heteroatoms. The van der Waals surface area contributed by atoms with Crippen LogP contribution in [0.4, 0.5) is 5.82 Å². The minimum absolute atomic E-state index is 0.0370. The van der Waals surface area contributed by atoms with Gasteiger partial charge in [0.1, 0.15) is 5.82 Å². The molecule has 1 saturated heterocycles. The molecule has 3 unspecified atom stereocenters. The smallest absolute Gasteiger partial charge is 0.314 e. The van der Waals surface area contributed by atoms with Crippen molar-refractivity contribution in [1.82, 2.24) is 25.7 Å². The number of anilines is 1. The van der Waals surface area contributed by atoms with E-state index >= 15 is 0 Å². The minimum atomic E-state index is -0.820. The Morgan fingerprint density at radius 1 is 1.48 bits per heavy atom. The fourth-order valence-corrected chi connectivity index (χ4v) is 2.55. The van der Waals surface area contributed by atoms with Gasteiger partial charge in [0.15, 0.2) is 6.29 Å². The molecule has 1 aliphatic rings. The summed E-state index contributed by atoms with van der Waals surface area (Å²) in [4.78, 5) is 35.8. The van der Waals surface area contributed by atoms with Crippen molar-refractivity contribution in [3.05, 3.63) is 11.8 Å². The van der Waals surface area contributed by atoms with Gasteiger partial charge in [0.05, 0.1) is 12.3 Å². The molecule has 2 heterocycles. The normalized spacial score (nSPS) is 21.4. The number of carbonyl (C=O) groups excluding carboxylic acids is 3. The van der Waals surface area contributed by atoms with Crippen LogP contribution in [0.2, 0.25) is 0 Å². The number of aromatic nitrogens is 2. The molecular formula is C15H24N6O4. The van der Waals surface area contributed by atoms with Crippen LogP contribution >= 0.6 is 0 Å². The van der Waals surface area contributed by atoms with E-state index < -0.39 is 18.1 Å². The fourth-order valence-electron chi connectivity index (χ4n) is 2.55. The molecular weight excluding hydrogens is 328 g/mol. The summed E-state index contributed by atoms with van der Waals surface area (Å²) < 4.78 is 6.35. The molecule has 25 heavy (non-hydrogen) atoms. The van der Waals surface area contributed by atoms with Crippen molar-refractivity contribution >= 4 is 23.5 Å². The van der Waals surface area contributed by atoms with E-state index in [1.807, 2.05) is 6.92 Å². The van der Waals surface area contributed by atoms with Crippen LogP contribution in [-0.2, 0) is 19.1 Å². The summed E-state index contributed by atoms with van der Waals surface area (Å²) in [5.74, 6) is -1.40. The first-order valence-electron chi connectivity index (χ1n) is 8.02. The molecule has 1 aliphatic heterocycles. The Labute approximate surface area is 145 Å². The molecule has 1 fully saturated rings. The molecule has 3 atom stereocenters. The zero-order valence-corrected chi connectivity index (χ0v) is 14.8. The van der Waals surface area contributed by atoms with E-state index in [0.717, 1.165) is 0 Å². The van der Waals surface area contributed by atoms with Crippen molar-refractivity contribution in [2.75, 3.05) is 19.0 Å². The van der Waals surface area contributed by atoms with Gasteiger partial charge in [0, 0.05) is 31.7 Å². The second kappa shape index (κ2) is 8.08. The zero-order chi connectivity index (χ0) is 18.6. The molecule has 0 saturated carbocycles. The number of carbonyl (C=O) groups is 3. The summed E-state index contributed by atoms with van der Waals surface area (Å²) in [7, 11) is 1.51. The Bertz CT molecular complexity index is 658. The van der Waals surface area contributed by atoms with Crippen LogP contribution < -0.4 is 21.3 Å². The monoisotopic (exact) mass is 352 g/mol. The highest BCUT2D eigenvalue weighted by molar-refractivity contribution is 6.39. The van der Waals surface area contributed by atoms with Gasteiger partial charge >= 0.3 is 11.8 Å². The molecule has 1 aromatic heterocycles. The standard InChI is InChI=1S/C15H24N6O4/c1-8-6-12(22)19-15(17-8)21-11(5-9(2)20-21)18-14(24)13(23)16-10(3)7-25-4/h5,8,10,15,17H,6-7H2,1-4H3,(H,16,23)(H,18,24)(H,19,22). The third-order valence-corrected chi connectivity index (χ3v) is 3.58. The average Bonchev–Trinajstić information content (AvgIpc) is 2.87. The van der Waals surface area contributed by atoms with Crippen LogP contribution in [0.15, 0.2) is 6.07 Å². The third kappa shape index (κ3) is 5.00. The highest BCUT2D eigenvalue weighted by Gasteiger charge is 2.27. The molecule has 0 spiro atoms. The molecule has 2 rings (SSSR count). The Balaban J connectivity index is 2.08. The number of amides is 3. The first kappa shape index (κ1) is 18.9. The van der Waals surface area contributed by atoms with Gasteiger partial charge in [-0.05, 0) is 20.8 Å². The summed E-state index contributed by atoms with van der Waals surface area (Å²) in [6, 6.07) is 1.29. The van der Waals surface area contributed by atoms with Gasteiger partial charge in [-0.15, -0.1) is 0 Å². The molecule has 138 valence electrons. The van der Waals surface area contributed by atoms with Crippen molar-refractivity contribution in [1.29, 1.82) is 0 Å². The van der Waals surface area contributed by atoms with Gasteiger partial charge in [-0.1, -0.05) is 0 Å². The minimum Gasteiger partial charge on any atom is -0.383 e. The maximum absolute atomic E-state index is 12.1. The van der Waals surface area contributed by atoms with E-state index in [0.29, 0.717) is 24.5 Å². The predicted octanol–water partition coefficient (Wildman–Crippen LogP) is -0.765. The summed E-state index contributed by atoms with van der Waals surface area (Å²) in [5.41, 5.74) is 0.637. The molecule has 0 aromatic carbocycles. The van der Waals surface area contributed by atoms with Crippen molar-refractivity contribution in [3.8, 4) is 0 Å². The van der Waals surface area contributed by atoms with Crippen molar-refractivity contribution in [3.63, 3.8) is 0 Å². The highest BCUT2D eigenvalue weighted by Crippen LogP contribution is 2.17. The number of nitrogens with one attached hydrogen (secondary N) is 4. The Hall–Kier alpha value is -2.46. The van der Waals surface area contributed by atoms with Crippen LogP contribution in [0, 0.1) is 6.92 Å². The fraction of sp³-hybridized carbons (Fsp3) is 0.600. The lowest BCUT2D eigenvalue weighted by molar-refractivity contribution is -0.136. The highest BCUT2D eigenvalue weighted by atomic mass is 16.5. The number of rotatable bonds is 5. The van der Waals surface area contributed by atoms with Gasteiger partial charge in [-0.25, -0.2) is 4.68 Å². The Morgan fingerprint density at radius 2 is 2.20 bits per heavy atom. The van der Waals surface area contributed by atoms with E-state index in [4.69, 9.17) is 4.74 Å². The molecule has 3 amide bonds. The van der Waals surface area contributed by atoms with Gasteiger partial charge in [0.2, 0.25) is 5.91 Å². The van der Waals surface area contributed by atoms with Gasteiger partial charge in [-0.3, -0.25) is 19.7 Å². The average molecular weight is 352 g/mol. The second-order valence-electron chi connectivity index (χ2n) is 6.14. The quantitative estimate of drug-likeness (QED) is 0.516. The van der Waals surface area contributed by atoms with Crippen LogP contribution in [0.3, 0.4) is 0 Å². The van der Waals surface area contributed by atoms with E-state index in [2.05, 4.69) is 26.4 Å². The summed E-state index contributed by atoms with van der Waals surface area (Å²) in [6.07, 6.45) is -0.242. The molecule has 0 aliphatic carbocycles. The van der Waals surface area contributed by atoms with Crippen LogP contribution in [0.5, 0.6) is 0 Å². The predicted molar refractivity (Wildman–Crippen MR) is 89.5 cm³/mol. The molecule has 0 radical (unpaired) electrons. The molecule has 4 N–H and O–H groups in total. The second-order valence-corrected chi connectivity index (χ2v) is 6.14. The van der Waals surface area contributed by atoms with E-state index in [9.17, 15) is 14.4 Å². The Morgan fingerprint density at radius 3 is 2.84 bits per heavy atom. The lowest BCUT2D eigenvalue weighted by Gasteiger charge is -2.30. The number of nitrogens with zero attached hydrogens (tertiary/aromatic N) is 2. The SMILES string of the molecule is COCC(C)NC(=O)C(=O)Nc1cc(C)nn1C1NC(=O)CC(C)N1. The Kier molecular flexibility index (Phi) is 6.10. The first-order chi connectivity index (χ1) is 11.8. The molecule has 10 nitrogen and oxygen atoms in total. The number of aryl methyl sites for hydroxylation is 1. The van der Waals surface area contributed by atoms with Crippen LogP contribution in [0.25, 0.3) is 0 Å². The van der Waals surface area contributed by atoms with Crippen molar-refractivity contribution in [2.24, 2.45) is 0 Å². The van der Waals surface area contributed by atoms with Gasteiger partial charge in [0.25, 0.3) is 0 Å². The van der Waals surface area contributed by atoms with E-state index in [1.54, 1.807) is 19.9 Å². The van der Waals surface area contributed by atoms with Crippen molar-refractivity contribution < 1.29 is 19.1 Å². The first-order valence-corrected chi connectivity index (χ1v) is 8.02.